The fourth-order valence-corrected chi connectivity index (χ4v) is 3.02. The van der Waals surface area contributed by atoms with Crippen LogP contribution < -0.4 is 5.73 Å². The third-order valence-corrected chi connectivity index (χ3v) is 4.59. The molecule has 1 heterocycles. The van der Waals surface area contributed by atoms with Gasteiger partial charge in [0.05, 0.1) is 0 Å². The fourth-order valence-electron chi connectivity index (χ4n) is 2.02. The van der Waals surface area contributed by atoms with Crippen LogP contribution in [0.5, 0.6) is 0 Å². The lowest BCUT2D eigenvalue weighted by Crippen LogP contribution is -2.30. The van der Waals surface area contributed by atoms with E-state index >= 15 is 0 Å². The van der Waals surface area contributed by atoms with Gasteiger partial charge in [0.25, 0.3) is 0 Å². The highest BCUT2D eigenvalue weighted by Gasteiger charge is 2.12. The van der Waals surface area contributed by atoms with E-state index in [-0.39, 0.29) is 0 Å². The number of hydrogen-bond donors (Lipinski definition) is 1. The molecule has 0 aliphatic rings. The van der Waals surface area contributed by atoms with Crippen LogP contribution in [0, 0.1) is 0 Å². The molecule has 102 valence electrons. The van der Waals surface area contributed by atoms with Crippen molar-refractivity contribution in [1.82, 2.24) is 4.90 Å². The van der Waals surface area contributed by atoms with E-state index < -0.39 is 0 Å². The zero-order valence-electron chi connectivity index (χ0n) is 11.3. The monoisotopic (exact) mass is 294 g/mol. The van der Waals surface area contributed by atoms with Gasteiger partial charge in [-0.25, -0.2) is 0 Å². The maximum atomic E-state index is 6.21. The largest absolute Gasteiger partial charge is 0.399 e. The van der Waals surface area contributed by atoms with E-state index in [2.05, 4.69) is 36.4 Å². The quantitative estimate of drug-likeness (QED) is 0.843. The van der Waals surface area contributed by atoms with E-state index in [1.165, 1.54) is 4.88 Å². The number of hydrogen-bond acceptors (Lipinski definition) is 3. The lowest BCUT2D eigenvalue weighted by Gasteiger charge is -2.25. The SMILES string of the molecule is CC(Cc1cccs1)N(C)Cc1cc(N)ccc1Cl. The number of nitrogens with zero attached hydrogens (tertiary/aromatic N) is 1. The molecule has 0 bridgehead atoms. The second-order valence-corrected chi connectivity index (χ2v) is 6.34. The van der Waals surface area contributed by atoms with Gasteiger partial charge >= 0.3 is 0 Å². The van der Waals surface area contributed by atoms with E-state index in [1.807, 2.05) is 29.5 Å². The average Bonchev–Trinajstić information content (AvgIpc) is 2.86. The van der Waals surface area contributed by atoms with Gasteiger partial charge in [-0.15, -0.1) is 11.3 Å². The Hall–Kier alpha value is -1.03. The van der Waals surface area contributed by atoms with Crippen molar-refractivity contribution in [2.24, 2.45) is 0 Å². The lowest BCUT2D eigenvalue weighted by atomic mass is 10.1. The van der Waals surface area contributed by atoms with Crippen molar-refractivity contribution in [2.45, 2.75) is 25.9 Å². The molecule has 2 N–H and O–H groups in total. The third-order valence-electron chi connectivity index (χ3n) is 3.32. The van der Waals surface area contributed by atoms with Gasteiger partial charge in [0.1, 0.15) is 0 Å². The third kappa shape index (κ3) is 3.96. The van der Waals surface area contributed by atoms with E-state index in [4.69, 9.17) is 17.3 Å². The summed E-state index contributed by atoms with van der Waals surface area (Å²) >= 11 is 8.02. The number of nitrogens with two attached hydrogens (primary N) is 1. The summed E-state index contributed by atoms with van der Waals surface area (Å²) in [4.78, 5) is 3.72. The summed E-state index contributed by atoms with van der Waals surface area (Å²) in [7, 11) is 2.12. The van der Waals surface area contributed by atoms with Gasteiger partial charge in [-0.1, -0.05) is 17.7 Å². The maximum Gasteiger partial charge on any atom is 0.0452 e. The topological polar surface area (TPSA) is 29.3 Å². The highest BCUT2D eigenvalue weighted by Crippen LogP contribution is 2.22. The van der Waals surface area contributed by atoms with Crippen molar-refractivity contribution in [1.29, 1.82) is 0 Å². The molecule has 0 aliphatic heterocycles. The molecule has 2 rings (SSSR count). The summed E-state index contributed by atoms with van der Waals surface area (Å²) in [6, 6.07) is 10.4. The summed E-state index contributed by atoms with van der Waals surface area (Å²) in [5.41, 5.74) is 7.66. The molecule has 0 spiro atoms. The van der Waals surface area contributed by atoms with Crippen molar-refractivity contribution >= 4 is 28.6 Å². The minimum atomic E-state index is 0.469. The minimum absolute atomic E-state index is 0.469. The zero-order valence-corrected chi connectivity index (χ0v) is 12.8. The highest BCUT2D eigenvalue weighted by atomic mass is 35.5. The standard InChI is InChI=1S/C15H19ClN2S/c1-11(8-14-4-3-7-19-14)18(2)10-12-9-13(17)5-6-15(12)16/h3-7,9,11H,8,10,17H2,1-2H3. The van der Waals surface area contributed by atoms with E-state index in [1.54, 1.807) is 0 Å². The summed E-state index contributed by atoms with van der Waals surface area (Å²) in [6.07, 6.45) is 1.06. The number of halogens is 1. The van der Waals surface area contributed by atoms with Gasteiger partial charge in [-0.3, -0.25) is 4.90 Å². The fraction of sp³-hybridized carbons (Fsp3) is 0.333. The molecule has 2 aromatic rings. The molecule has 0 fully saturated rings. The Morgan fingerprint density at radius 2 is 2.16 bits per heavy atom. The van der Waals surface area contributed by atoms with Crippen molar-refractivity contribution in [3.63, 3.8) is 0 Å². The molecule has 0 radical (unpaired) electrons. The zero-order chi connectivity index (χ0) is 13.8. The van der Waals surface area contributed by atoms with Crippen LogP contribution in [0.25, 0.3) is 0 Å². The predicted octanol–water partition coefficient (Wildman–Crippen LogP) is 4.05. The molecule has 1 aromatic carbocycles. The number of likely N-dealkylation sites (N-methyl/N-ethyl adjacent to an activating group) is 1. The van der Waals surface area contributed by atoms with Crippen molar-refractivity contribution < 1.29 is 0 Å². The van der Waals surface area contributed by atoms with Crippen molar-refractivity contribution in [2.75, 3.05) is 12.8 Å². The first-order valence-corrected chi connectivity index (χ1v) is 7.58. The van der Waals surface area contributed by atoms with Gasteiger partial charge < -0.3 is 5.73 Å². The summed E-state index contributed by atoms with van der Waals surface area (Å²) in [5, 5.41) is 2.90. The number of anilines is 1. The Labute approximate surface area is 123 Å². The second kappa shape index (κ2) is 6.42. The van der Waals surface area contributed by atoms with Crippen LogP contribution in [0.3, 0.4) is 0 Å². The Morgan fingerprint density at radius 3 is 2.84 bits per heavy atom. The Morgan fingerprint density at radius 1 is 1.37 bits per heavy atom. The summed E-state index contributed by atoms with van der Waals surface area (Å²) in [5.74, 6) is 0. The van der Waals surface area contributed by atoms with Gasteiger partial charge in [-0.2, -0.15) is 0 Å². The molecule has 19 heavy (non-hydrogen) atoms. The number of benzene rings is 1. The van der Waals surface area contributed by atoms with Crippen LogP contribution in [0.1, 0.15) is 17.4 Å². The molecule has 1 atom stereocenters. The number of rotatable bonds is 5. The normalized spacial score (nSPS) is 12.8. The Balaban J connectivity index is 1.99. The first kappa shape index (κ1) is 14.4. The summed E-state index contributed by atoms with van der Waals surface area (Å²) in [6.45, 7) is 3.05. The first-order chi connectivity index (χ1) is 9.06. The van der Waals surface area contributed by atoms with E-state index in [0.29, 0.717) is 6.04 Å². The lowest BCUT2D eigenvalue weighted by molar-refractivity contribution is 0.249. The van der Waals surface area contributed by atoms with E-state index in [9.17, 15) is 0 Å². The molecular formula is C15H19ClN2S. The van der Waals surface area contributed by atoms with Crippen LogP contribution in [0.4, 0.5) is 5.69 Å². The first-order valence-electron chi connectivity index (χ1n) is 6.33. The van der Waals surface area contributed by atoms with Crippen LogP contribution in [-0.2, 0) is 13.0 Å². The van der Waals surface area contributed by atoms with Gasteiger partial charge in [-0.05, 0) is 55.6 Å². The second-order valence-electron chi connectivity index (χ2n) is 4.90. The maximum absolute atomic E-state index is 6.21. The molecule has 1 unspecified atom stereocenters. The number of nitrogen functional groups attached to an aromatic ring is 1. The van der Waals surface area contributed by atoms with Crippen LogP contribution >= 0.6 is 22.9 Å². The van der Waals surface area contributed by atoms with Crippen LogP contribution in [-0.4, -0.2) is 18.0 Å². The van der Waals surface area contributed by atoms with Crippen LogP contribution in [0.2, 0.25) is 5.02 Å². The molecule has 0 amide bonds. The number of thiophene rings is 1. The molecule has 1 aromatic heterocycles. The average molecular weight is 295 g/mol. The molecule has 0 aliphatic carbocycles. The molecule has 0 saturated carbocycles. The predicted molar refractivity (Wildman–Crippen MR) is 84.8 cm³/mol. The van der Waals surface area contributed by atoms with Crippen molar-refractivity contribution in [3.8, 4) is 0 Å². The van der Waals surface area contributed by atoms with Crippen molar-refractivity contribution in [3.05, 3.63) is 51.2 Å². The molecular weight excluding hydrogens is 276 g/mol. The van der Waals surface area contributed by atoms with Crippen LogP contribution in [0.15, 0.2) is 35.7 Å². The Kier molecular flexibility index (Phi) is 4.86. The molecule has 2 nitrogen and oxygen atoms in total. The highest BCUT2D eigenvalue weighted by molar-refractivity contribution is 7.09. The van der Waals surface area contributed by atoms with Gasteiger partial charge in [0, 0.05) is 28.2 Å². The van der Waals surface area contributed by atoms with Gasteiger partial charge in [0.2, 0.25) is 0 Å². The smallest absolute Gasteiger partial charge is 0.0452 e. The summed E-state index contributed by atoms with van der Waals surface area (Å²) < 4.78 is 0. The molecule has 4 heteroatoms. The van der Waals surface area contributed by atoms with E-state index in [0.717, 1.165) is 29.2 Å². The molecule has 0 saturated heterocycles. The Bertz CT molecular complexity index is 525. The van der Waals surface area contributed by atoms with Gasteiger partial charge in [0.15, 0.2) is 0 Å². The minimum Gasteiger partial charge on any atom is -0.399 e.